The molecule has 164 valence electrons. The van der Waals surface area contributed by atoms with E-state index in [1.807, 2.05) is 18.2 Å². The van der Waals surface area contributed by atoms with E-state index in [4.69, 9.17) is 16.6 Å². The quantitative estimate of drug-likeness (QED) is 0.226. The summed E-state index contributed by atoms with van der Waals surface area (Å²) in [7, 11) is 0. The molecule has 2 heterocycles. The summed E-state index contributed by atoms with van der Waals surface area (Å²) in [6.07, 6.45) is 4.98. The van der Waals surface area contributed by atoms with Crippen LogP contribution in [0.4, 0.5) is 4.39 Å². The summed E-state index contributed by atoms with van der Waals surface area (Å²) in [5.41, 5.74) is 2.82. The minimum absolute atomic E-state index is 0.0208. The zero-order valence-electron chi connectivity index (χ0n) is 17.4. The van der Waals surface area contributed by atoms with Crippen LogP contribution < -0.4 is 5.56 Å². The highest BCUT2D eigenvalue weighted by Crippen LogP contribution is 2.35. The molecule has 0 fully saturated rings. The second-order valence-electron chi connectivity index (χ2n) is 7.97. The van der Waals surface area contributed by atoms with Gasteiger partial charge in [-0.3, -0.25) is 9.36 Å². The van der Waals surface area contributed by atoms with Crippen molar-refractivity contribution in [3.8, 4) is 0 Å². The van der Waals surface area contributed by atoms with Gasteiger partial charge in [0, 0.05) is 27.8 Å². The Balaban J connectivity index is 1.55. The molecule has 5 rings (SSSR count). The van der Waals surface area contributed by atoms with Crippen LogP contribution in [-0.2, 0) is 31.6 Å². The van der Waals surface area contributed by atoms with Gasteiger partial charge in [0.25, 0.3) is 5.56 Å². The smallest absolute Gasteiger partial charge is 0.263 e. The molecule has 0 amide bonds. The fourth-order valence-corrected chi connectivity index (χ4v) is 6.89. The highest BCUT2D eigenvalue weighted by molar-refractivity contribution is 7.98. The molecule has 0 aliphatic heterocycles. The van der Waals surface area contributed by atoms with Crippen molar-refractivity contribution in [2.24, 2.45) is 0 Å². The van der Waals surface area contributed by atoms with E-state index in [1.165, 1.54) is 33.8 Å². The predicted molar refractivity (Wildman–Crippen MR) is 132 cm³/mol. The van der Waals surface area contributed by atoms with Gasteiger partial charge in [0.05, 0.1) is 5.39 Å². The molecule has 1 aliphatic carbocycles. The van der Waals surface area contributed by atoms with Gasteiger partial charge >= 0.3 is 0 Å². The molecule has 4 aromatic rings. The van der Waals surface area contributed by atoms with Gasteiger partial charge in [0.15, 0.2) is 5.16 Å². The molecule has 32 heavy (non-hydrogen) atoms. The van der Waals surface area contributed by atoms with E-state index in [0.717, 1.165) is 42.3 Å². The fourth-order valence-electron chi connectivity index (χ4n) is 4.22. The average Bonchev–Trinajstić information content (AvgIpc) is 3.17. The Bertz CT molecular complexity index is 1310. The summed E-state index contributed by atoms with van der Waals surface area (Å²) >= 11 is 9.25. The Morgan fingerprint density at radius 3 is 2.72 bits per heavy atom. The maximum atomic E-state index is 14.3. The number of thioether (sulfide) groups is 1. The third kappa shape index (κ3) is 4.24. The van der Waals surface area contributed by atoms with Gasteiger partial charge < -0.3 is 0 Å². The maximum absolute atomic E-state index is 14.3. The number of benzene rings is 2. The van der Waals surface area contributed by atoms with Crippen molar-refractivity contribution >= 4 is 44.9 Å². The minimum Gasteiger partial charge on any atom is -0.287 e. The first-order valence-electron chi connectivity index (χ1n) is 10.8. The molecular weight excluding hydrogens is 463 g/mol. The fraction of sp³-hybridized carbons (Fsp3) is 0.280. The number of hydrogen-bond donors (Lipinski definition) is 0. The van der Waals surface area contributed by atoms with Crippen LogP contribution in [0.1, 0.15) is 34.4 Å². The average molecular weight is 485 g/mol. The second-order valence-corrected chi connectivity index (χ2v) is 10.4. The molecule has 2 aromatic heterocycles. The lowest BCUT2D eigenvalue weighted by atomic mass is 9.97. The summed E-state index contributed by atoms with van der Waals surface area (Å²) in [4.78, 5) is 20.7. The Kier molecular flexibility index (Phi) is 6.35. The molecule has 0 unspecified atom stereocenters. The number of nitrogens with zero attached hydrogens (tertiary/aromatic N) is 2. The van der Waals surface area contributed by atoms with Crippen LogP contribution in [0.25, 0.3) is 10.2 Å². The summed E-state index contributed by atoms with van der Waals surface area (Å²) in [6.45, 7) is 0.531. The lowest BCUT2D eigenvalue weighted by Crippen LogP contribution is -2.24. The Hall–Kier alpha value is -2.15. The summed E-state index contributed by atoms with van der Waals surface area (Å²) in [5, 5.41) is 1.80. The number of hydrogen-bond acceptors (Lipinski definition) is 4. The van der Waals surface area contributed by atoms with Crippen molar-refractivity contribution in [1.82, 2.24) is 9.55 Å². The van der Waals surface area contributed by atoms with Crippen LogP contribution in [0.15, 0.2) is 58.5 Å². The minimum atomic E-state index is -0.337. The molecule has 0 saturated heterocycles. The van der Waals surface area contributed by atoms with Crippen molar-refractivity contribution < 1.29 is 4.39 Å². The molecule has 2 aromatic carbocycles. The van der Waals surface area contributed by atoms with Crippen molar-refractivity contribution in [1.29, 1.82) is 0 Å². The maximum Gasteiger partial charge on any atom is 0.263 e. The summed E-state index contributed by atoms with van der Waals surface area (Å²) in [5.74, 6) is -0.0179. The van der Waals surface area contributed by atoms with E-state index in [2.05, 4.69) is 12.1 Å². The molecule has 1 aliphatic rings. The third-order valence-electron chi connectivity index (χ3n) is 5.91. The standard InChI is InChI=1S/C25H22ClFN2OS2/c26-19-10-6-11-20(27)18(19)15-31-25-28-23-22(17-9-4-5-12-21(17)32-23)24(30)29(25)14-13-16-7-2-1-3-8-16/h1-3,6-8,10-11H,4-5,9,12-15H2. The van der Waals surface area contributed by atoms with E-state index in [1.54, 1.807) is 28.0 Å². The van der Waals surface area contributed by atoms with Crippen molar-refractivity contribution in [2.75, 3.05) is 0 Å². The zero-order valence-corrected chi connectivity index (χ0v) is 19.8. The molecule has 0 radical (unpaired) electrons. The molecule has 0 bridgehead atoms. The van der Waals surface area contributed by atoms with Gasteiger partial charge in [-0.1, -0.05) is 59.8 Å². The Labute approximate surface area is 199 Å². The van der Waals surface area contributed by atoms with Crippen LogP contribution >= 0.6 is 34.7 Å². The largest absolute Gasteiger partial charge is 0.287 e. The van der Waals surface area contributed by atoms with E-state index in [-0.39, 0.29) is 11.4 Å². The molecule has 0 spiro atoms. The number of rotatable bonds is 6. The van der Waals surface area contributed by atoms with Gasteiger partial charge in [0.2, 0.25) is 0 Å². The number of aromatic nitrogens is 2. The van der Waals surface area contributed by atoms with Crippen molar-refractivity contribution in [3.63, 3.8) is 0 Å². The topological polar surface area (TPSA) is 34.9 Å². The first-order chi connectivity index (χ1) is 15.6. The predicted octanol–water partition coefficient (Wildman–Crippen LogP) is 6.66. The number of thiophene rings is 1. The molecule has 0 N–H and O–H groups in total. The van der Waals surface area contributed by atoms with E-state index < -0.39 is 0 Å². The molecule has 7 heteroatoms. The third-order valence-corrected chi connectivity index (χ3v) is 8.46. The first-order valence-corrected chi connectivity index (χ1v) is 12.9. The van der Waals surface area contributed by atoms with Crippen LogP contribution in [0.2, 0.25) is 5.02 Å². The molecule has 0 saturated carbocycles. The number of fused-ring (bicyclic) bond motifs is 3. The van der Waals surface area contributed by atoms with Gasteiger partial charge in [-0.25, -0.2) is 9.37 Å². The van der Waals surface area contributed by atoms with Crippen LogP contribution in [0.5, 0.6) is 0 Å². The van der Waals surface area contributed by atoms with Gasteiger partial charge in [-0.15, -0.1) is 11.3 Å². The number of aryl methyl sites for hydroxylation is 3. The first kappa shape index (κ1) is 21.7. The van der Waals surface area contributed by atoms with Crippen molar-refractivity contribution in [2.45, 2.75) is 49.6 Å². The lowest BCUT2D eigenvalue weighted by molar-refractivity contribution is 0.594. The van der Waals surface area contributed by atoms with E-state index in [0.29, 0.717) is 28.0 Å². The Morgan fingerprint density at radius 2 is 1.91 bits per heavy atom. The summed E-state index contributed by atoms with van der Waals surface area (Å²) < 4.78 is 16.1. The van der Waals surface area contributed by atoms with Gasteiger partial charge in [-0.05, 0) is 55.4 Å². The summed E-state index contributed by atoms with van der Waals surface area (Å²) in [6, 6.07) is 14.8. The lowest BCUT2D eigenvalue weighted by Gasteiger charge is -2.14. The number of halogens is 2. The van der Waals surface area contributed by atoms with E-state index >= 15 is 0 Å². The highest BCUT2D eigenvalue weighted by atomic mass is 35.5. The Morgan fingerprint density at radius 1 is 1.09 bits per heavy atom. The van der Waals surface area contributed by atoms with Gasteiger partial charge in [-0.2, -0.15) is 0 Å². The van der Waals surface area contributed by atoms with Crippen LogP contribution in [0, 0.1) is 5.82 Å². The van der Waals surface area contributed by atoms with Crippen LogP contribution in [-0.4, -0.2) is 9.55 Å². The normalized spacial score (nSPS) is 13.4. The zero-order chi connectivity index (χ0) is 22.1. The highest BCUT2D eigenvalue weighted by Gasteiger charge is 2.22. The van der Waals surface area contributed by atoms with Gasteiger partial charge in [0.1, 0.15) is 10.6 Å². The molecule has 3 nitrogen and oxygen atoms in total. The van der Waals surface area contributed by atoms with Crippen LogP contribution in [0.3, 0.4) is 0 Å². The van der Waals surface area contributed by atoms with E-state index in [9.17, 15) is 9.18 Å². The monoisotopic (exact) mass is 484 g/mol. The van der Waals surface area contributed by atoms with Crippen molar-refractivity contribution in [3.05, 3.63) is 91.3 Å². The SMILES string of the molecule is O=c1c2c3c(sc2nc(SCc2c(F)cccc2Cl)n1CCc1ccccc1)CCCC3. The molecular formula is C25H22ClFN2OS2. The molecule has 0 atom stereocenters. The second kappa shape index (κ2) is 9.38.